The van der Waals surface area contributed by atoms with Crippen LogP contribution in [0.4, 0.5) is 0 Å². The molecule has 0 aliphatic carbocycles. The van der Waals surface area contributed by atoms with Gasteiger partial charge in [-0.15, -0.1) is 0 Å². The van der Waals surface area contributed by atoms with Gasteiger partial charge < -0.3 is 16.2 Å². The summed E-state index contributed by atoms with van der Waals surface area (Å²) in [5, 5.41) is 11.2. The maximum Gasteiger partial charge on any atom is 0.321 e. The monoisotopic (exact) mass is 244 g/mol. The Morgan fingerprint density at radius 1 is 1.18 bits per heavy atom. The van der Waals surface area contributed by atoms with Crippen molar-refractivity contribution in [3.8, 4) is 0 Å². The van der Waals surface area contributed by atoms with E-state index < -0.39 is 12.0 Å². The van der Waals surface area contributed by atoms with Crippen LogP contribution in [0.25, 0.3) is 0 Å². The average Bonchev–Trinajstić information content (AvgIpc) is 2.27. The van der Waals surface area contributed by atoms with Gasteiger partial charge in [-0.1, -0.05) is 39.0 Å². The molecular weight excluding hydrogens is 220 g/mol. The van der Waals surface area contributed by atoms with Crippen molar-refractivity contribution in [1.29, 1.82) is 0 Å². The Labute approximate surface area is 103 Å². The number of amides is 1. The number of nitrogens with two attached hydrogens (primary N) is 1. The summed E-state index contributed by atoms with van der Waals surface area (Å²) in [6, 6.07) is -1.10. The van der Waals surface area contributed by atoms with Gasteiger partial charge >= 0.3 is 5.97 Å². The fourth-order valence-electron chi connectivity index (χ4n) is 1.49. The minimum absolute atomic E-state index is 0.148. The second kappa shape index (κ2) is 10.1. The number of carboxylic acids is 1. The van der Waals surface area contributed by atoms with Crippen LogP contribution in [-0.4, -0.2) is 29.6 Å². The number of hydrogen-bond acceptors (Lipinski definition) is 3. The third-order valence-corrected chi connectivity index (χ3v) is 2.58. The fourth-order valence-corrected chi connectivity index (χ4v) is 1.49. The standard InChI is InChI=1S/C12H24N2O3/c1-2-3-4-5-6-7-8-14-11(15)9-10(13)12(16)17/h10H,2-9,13H2,1H3,(H,14,15)(H,16,17)/t10-/m0/s1. The maximum absolute atomic E-state index is 11.2. The van der Waals surface area contributed by atoms with Crippen molar-refractivity contribution in [2.45, 2.75) is 57.9 Å². The summed E-state index contributed by atoms with van der Waals surface area (Å²) in [7, 11) is 0. The molecule has 4 N–H and O–H groups in total. The van der Waals surface area contributed by atoms with E-state index in [1.54, 1.807) is 0 Å². The highest BCUT2D eigenvalue weighted by atomic mass is 16.4. The van der Waals surface area contributed by atoms with Crippen LogP contribution in [0.3, 0.4) is 0 Å². The number of nitrogens with one attached hydrogen (secondary N) is 1. The third kappa shape index (κ3) is 9.81. The molecule has 0 aliphatic heterocycles. The largest absolute Gasteiger partial charge is 0.480 e. The molecular formula is C12H24N2O3. The maximum atomic E-state index is 11.2. The summed E-state index contributed by atoms with van der Waals surface area (Å²) >= 11 is 0. The van der Waals surface area contributed by atoms with E-state index in [9.17, 15) is 9.59 Å². The molecule has 0 aromatic rings. The van der Waals surface area contributed by atoms with E-state index in [1.165, 1.54) is 25.7 Å². The Morgan fingerprint density at radius 3 is 2.35 bits per heavy atom. The number of carbonyl (C=O) groups excluding carboxylic acids is 1. The Hall–Kier alpha value is -1.10. The molecule has 0 bridgehead atoms. The first-order valence-electron chi connectivity index (χ1n) is 6.33. The molecule has 0 saturated heterocycles. The molecule has 17 heavy (non-hydrogen) atoms. The Balaban J connectivity index is 3.36. The number of carbonyl (C=O) groups is 2. The van der Waals surface area contributed by atoms with Crippen molar-refractivity contribution >= 4 is 11.9 Å². The van der Waals surface area contributed by atoms with Crippen LogP contribution in [-0.2, 0) is 9.59 Å². The topological polar surface area (TPSA) is 92.4 Å². The third-order valence-electron chi connectivity index (χ3n) is 2.58. The molecule has 0 fully saturated rings. The second-order valence-electron chi connectivity index (χ2n) is 4.27. The number of unbranched alkanes of at least 4 members (excludes halogenated alkanes) is 5. The SMILES string of the molecule is CCCCCCCCNC(=O)C[C@H](N)C(=O)O. The van der Waals surface area contributed by atoms with Gasteiger partial charge in [0.25, 0.3) is 0 Å². The molecule has 0 saturated carbocycles. The summed E-state index contributed by atoms with van der Waals surface area (Å²) in [5.74, 6) is -1.42. The highest BCUT2D eigenvalue weighted by molar-refractivity contribution is 5.84. The van der Waals surface area contributed by atoms with E-state index in [4.69, 9.17) is 10.8 Å². The van der Waals surface area contributed by atoms with Gasteiger partial charge in [0.05, 0.1) is 6.42 Å². The number of carboxylic acid groups (broad SMARTS) is 1. The van der Waals surface area contributed by atoms with Gasteiger partial charge in [0.15, 0.2) is 0 Å². The smallest absolute Gasteiger partial charge is 0.321 e. The van der Waals surface area contributed by atoms with Crippen LogP contribution in [0.5, 0.6) is 0 Å². The minimum atomic E-state index is -1.14. The molecule has 1 amide bonds. The Kier molecular flexibility index (Phi) is 9.43. The molecule has 0 aromatic heterocycles. The van der Waals surface area contributed by atoms with Crippen LogP contribution in [0, 0.1) is 0 Å². The molecule has 5 heteroatoms. The zero-order valence-corrected chi connectivity index (χ0v) is 10.6. The first-order chi connectivity index (χ1) is 8.07. The molecule has 0 radical (unpaired) electrons. The van der Waals surface area contributed by atoms with Crippen molar-refractivity contribution in [3.63, 3.8) is 0 Å². The molecule has 5 nitrogen and oxygen atoms in total. The molecule has 0 unspecified atom stereocenters. The summed E-state index contributed by atoms with van der Waals surface area (Å²) in [4.78, 5) is 21.6. The van der Waals surface area contributed by atoms with Crippen molar-refractivity contribution in [3.05, 3.63) is 0 Å². The zero-order valence-electron chi connectivity index (χ0n) is 10.6. The summed E-state index contributed by atoms with van der Waals surface area (Å²) in [5.41, 5.74) is 5.24. The molecule has 1 atom stereocenters. The quantitative estimate of drug-likeness (QED) is 0.504. The van der Waals surface area contributed by atoms with Crippen molar-refractivity contribution in [1.82, 2.24) is 5.32 Å². The summed E-state index contributed by atoms with van der Waals surface area (Å²) in [6.45, 7) is 2.78. The van der Waals surface area contributed by atoms with E-state index in [2.05, 4.69) is 12.2 Å². The van der Waals surface area contributed by atoms with Crippen LogP contribution in [0.2, 0.25) is 0 Å². The molecule has 0 spiro atoms. The van der Waals surface area contributed by atoms with E-state index in [1.807, 2.05) is 0 Å². The lowest BCUT2D eigenvalue weighted by molar-refractivity contribution is -0.140. The van der Waals surface area contributed by atoms with E-state index >= 15 is 0 Å². The van der Waals surface area contributed by atoms with E-state index in [0.717, 1.165) is 12.8 Å². The van der Waals surface area contributed by atoms with Gasteiger partial charge in [-0.25, -0.2) is 0 Å². The lowest BCUT2D eigenvalue weighted by Crippen LogP contribution is -2.37. The first-order valence-corrected chi connectivity index (χ1v) is 6.33. The van der Waals surface area contributed by atoms with Gasteiger partial charge in [-0.3, -0.25) is 9.59 Å². The van der Waals surface area contributed by atoms with E-state index in [0.29, 0.717) is 6.54 Å². The summed E-state index contributed by atoms with van der Waals surface area (Å²) < 4.78 is 0. The summed E-state index contributed by atoms with van der Waals surface area (Å²) in [6.07, 6.45) is 6.82. The van der Waals surface area contributed by atoms with Crippen LogP contribution in [0.15, 0.2) is 0 Å². The van der Waals surface area contributed by atoms with Crippen LogP contribution < -0.4 is 11.1 Å². The molecule has 0 aliphatic rings. The van der Waals surface area contributed by atoms with E-state index in [-0.39, 0.29) is 12.3 Å². The molecule has 0 heterocycles. The van der Waals surface area contributed by atoms with Crippen molar-refractivity contribution in [2.75, 3.05) is 6.54 Å². The highest BCUT2D eigenvalue weighted by Gasteiger charge is 2.15. The first kappa shape index (κ1) is 15.9. The second-order valence-corrected chi connectivity index (χ2v) is 4.27. The lowest BCUT2D eigenvalue weighted by Gasteiger charge is -2.07. The highest BCUT2D eigenvalue weighted by Crippen LogP contribution is 2.04. The van der Waals surface area contributed by atoms with Gasteiger partial charge in [0.1, 0.15) is 6.04 Å². The molecule has 0 rings (SSSR count). The lowest BCUT2D eigenvalue weighted by atomic mass is 10.1. The number of hydrogen-bond donors (Lipinski definition) is 3. The fraction of sp³-hybridized carbons (Fsp3) is 0.833. The Morgan fingerprint density at radius 2 is 1.76 bits per heavy atom. The molecule has 0 aromatic carbocycles. The normalized spacial score (nSPS) is 12.1. The van der Waals surface area contributed by atoms with Crippen LogP contribution >= 0.6 is 0 Å². The molecule has 100 valence electrons. The zero-order chi connectivity index (χ0) is 13.1. The minimum Gasteiger partial charge on any atom is -0.480 e. The van der Waals surface area contributed by atoms with Gasteiger partial charge in [-0.05, 0) is 6.42 Å². The van der Waals surface area contributed by atoms with Gasteiger partial charge in [-0.2, -0.15) is 0 Å². The number of rotatable bonds is 10. The van der Waals surface area contributed by atoms with Crippen molar-refractivity contribution in [2.24, 2.45) is 5.73 Å². The van der Waals surface area contributed by atoms with Crippen LogP contribution in [0.1, 0.15) is 51.9 Å². The Bertz CT molecular complexity index is 232. The van der Waals surface area contributed by atoms with Gasteiger partial charge in [0, 0.05) is 6.54 Å². The predicted octanol–water partition coefficient (Wildman–Crippen LogP) is 1.27. The van der Waals surface area contributed by atoms with Gasteiger partial charge in [0.2, 0.25) is 5.91 Å². The average molecular weight is 244 g/mol. The predicted molar refractivity (Wildman–Crippen MR) is 66.6 cm³/mol. The van der Waals surface area contributed by atoms with Crippen molar-refractivity contribution < 1.29 is 14.7 Å². The number of aliphatic carboxylic acids is 1.